The Hall–Kier alpha value is -2.33. The normalized spacial score (nSPS) is 11.8. The highest BCUT2D eigenvalue weighted by Gasteiger charge is 2.12. The molecule has 4 heteroatoms. The Labute approximate surface area is 138 Å². The number of anilines is 1. The highest BCUT2D eigenvalue weighted by Crippen LogP contribution is 2.12. The van der Waals surface area contributed by atoms with Crippen LogP contribution in [-0.2, 0) is 22.7 Å². The first-order valence-electron chi connectivity index (χ1n) is 7.76. The van der Waals surface area contributed by atoms with Crippen LogP contribution in [0.2, 0.25) is 0 Å². The molecule has 1 amide bonds. The van der Waals surface area contributed by atoms with Gasteiger partial charge in [0, 0.05) is 26.3 Å². The molecule has 1 N–H and O–H groups in total. The Morgan fingerprint density at radius 3 is 2.30 bits per heavy atom. The van der Waals surface area contributed by atoms with Gasteiger partial charge in [-0.15, -0.1) is 0 Å². The van der Waals surface area contributed by atoms with E-state index >= 15 is 0 Å². The highest BCUT2D eigenvalue weighted by molar-refractivity contribution is 5.80. The molecule has 23 heavy (non-hydrogen) atoms. The van der Waals surface area contributed by atoms with Gasteiger partial charge in [0.15, 0.2) is 0 Å². The molecule has 0 aliphatic heterocycles. The topological polar surface area (TPSA) is 41.6 Å². The maximum atomic E-state index is 12.1. The van der Waals surface area contributed by atoms with Crippen molar-refractivity contribution in [3.63, 3.8) is 0 Å². The van der Waals surface area contributed by atoms with Gasteiger partial charge < -0.3 is 15.0 Å². The van der Waals surface area contributed by atoms with Gasteiger partial charge in [0.2, 0.25) is 5.91 Å². The van der Waals surface area contributed by atoms with Crippen LogP contribution in [0.3, 0.4) is 0 Å². The Kier molecular flexibility index (Phi) is 6.18. The summed E-state index contributed by atoms with van der Waals surface area (Å²) in [4.78, 5) is 14.1. The van der Waals surface area contributed by atoms with E-state index in [0.717, 1.165) is 16.8 Å². The van der Waals surface area contributed by atoms with Crippen LogP contribution in [0.1, 0.15) is 18.1 Å². The molecule has 1 unspecified atom stereocenters. The summed E-state index contributed by atoms with van der Waals surface area (Å²) >= 11 is 0. The van der Waals surface area contributed by atoms with E-state index < -0.39 is 6.10 Å². The Morgan fingerprint density at radius 1 is 1.04 bits per heavy atom. The number of ether oxygens (including phenoxy) is 1. The molecule has 122 valence electrons. The van der Waals surface area contributed by atoms with Crippen molar-refractivity contribution in [3.8, 4) is 0 Å². The SMILES string of the molecule is CC(OCc1ccccc1)C(=O)NCc1ccc(N(C)C)cc1. The van der Waals surface area contributed by atoms with Crippen molar-refractivity contribution in [2.45, 2.75) is 26.2 Å². The molecule has 2 rings (SSSR count). The van der Waals surface area contributed by atoms with Crippen molar-refractivity contribution in [2.24, 2.45) is 0 Å². The summed E-state index contributed by atoms with van der Waals surface area (Å²) in [6, 6.07) is 18.0. The molecule has 0 aromatic heterocycles. The van der Waals surface area contributed by atoms with Crippen LogP contribution in [0, 0.1) is 0 Å². The molecule has 0 spiro atoms. The second kappa shape index (κ2) is 8.34. The van der Waals surface area contributed by atoms with E-state index in [1.54, 1.807) is 6.92 Å². The monoisotopic (exact) mass is 312 g/mol. The molecule has 0 radical (unpaired) electrons. The number of nitrogens with one attached hydrogen (secondary N) is 1. The minimum Gasteiger partial charge on any atom is -0.378 e. The highest BCUT2D eigenvalue weighted by atomic mass is 16.5. The lowest BCUT2D eigenvalue weighted by Crippen LogP contribution is -2.34. The van der Waals surface area contributed by atoms with Gasteiger partial charge in [-0.2, -0.15) is 0 Å². The molecule has 0 aliphatic rings. The number of carbonyl (C=O) groups excluding carboxylic acids is 1. The molecule has 2 aromatic rings. The summed E-state index contributed by atoms with van der Waals surface area (Å²) < 4.78 is 5.61. The van der Waals surface area contributed by atoms with E-state index in [-0.39, 0.29) is 5.91 Å². The maximum Gasteiger partial charge on any atom is 0.249 e. The number of hydrogen-bond acceptors (Lipinski definition) is 3. The summed E-state index contributed by atoms with van der Waals surface area (Å²) in [5, 5.41) is 2.91. The first-order valence-corrected chi connectivity index (χ1v) is 7.76. The fourth-order valence-electron chi connectivity index (χ4n) is 2.12. The fourth-order valence-corrected chi connectivity index (χ4v) is 2.12. The minimum absolute atomic E-state index is 0.0994. The zero-order valence-electron chi connectivity index (χ0n) is 14.0. The average Bonchev–Trinajstić information content (AvgIpc) is 2.58. The Morgan fingerprint density at radius 2 is 1.70 bits per heavy atom. The largest absolute Gasteiger partial charge is 0.378 e. The van der Waals surface area contributed by atoms with Gasteiger partial charge >= 0.3 is 0 Å². The minimum atomic E-state index is -0.476. The maximum absolute atomic E-state index is 12.1. The third kappa shape index (κ3) is 5.42. The zero-order chi connectivity index (χ0) is 16.7. The van der Waals surface area contributed by atoms with E-state index in [0.29, 0.717) is 13.2 Å². The van der Waals surface area contributed by atoms with Gasteiger partial charge in [-0.1, -0.05) is 42.5 Å². The fraction of sp³-hybridized carbons (Fsp3) is 0.316. The number of rotatable bonds is 7. The lowest BCUT2D eigenvalue weighted by atomic mass is 10.2. The number of hydrogen-bond donors (Lipinski definition) is 1. The molecular weight excluding hydrogens is 288 g/mol. The van der Waals surface area contributed by atoms with Crippen LogP contribution >= 0.6 is 0 Å². The summed E-state index contributed by atoms with van der Waals surface area (Å²) in [6.07, 6.45) is -0.476. The van der Waals surface area contributed by atoms with Crippen LogP contribution in [0.15, 0.2) is 54.6 Å². The molecule has 0 saturated heterocycles. The molecule has 4 nitrogen and oxygen atoms in total. The third-order valence-corrected chi connectivity index (χ3v) is 3.63. The molecule has 0 bridgehead atoms. The molecular formula is C19H24N2O2. The van der Waals surface area contributed by atoms with E-state index in [1.807, 2.05) is 73.6 Å². The van der Waals surface area contributed by atoms with Crippen molar-refractivity contribution in [3.05, 3.63) is 65.7 Å². The lowest BCUT2D eigenvalue weighted by molar-refractivity contribution is -0.132. The second-order valence-corrected chi connectivity index (χ2v) is 5.72. The standard InChI is InChI=1S/C19H24N2O2/c1-15(23-14-17-7-5-4-6-8-17)19(22)20-13-16-9-11-18(12-10-16)21(2)3/h4-12,15H,13-14H2,1-3H3,(H,20,22). The molecule has 0 heterocycles. The van der Waals surface area contributed by atoms with Gasteiger partial charge in [-0.3, -0.25) is 4.79 Å². The summed E-state index contributed by atoms with van der Waals surface area (Å²) in [5.41, 5.74) is 3.27. The van der Waals surface area contributed by atoms with Crippen LogP contribution in [0.4, 0.5) is 5.69 Å². The number of amides is 1. The Bertz CT molecular complexity index is 609. The van der Waals surface area contributed by atoms with Crippen LogP contribution in [0.5, 0.6) is 0 Å². The van der Waals surface area contributed by atoms with Crippen LogP contribution in [-0.4, -0.2) is 26.1 Å². The lowest BCUT2D eigenvalue weighted by Gasteiger charge is -2.15. The van der Waals surface area contributed by atoms with Crippen molar-refractivity contribution in [2.75, 3.05) is 19.0 Å². The zero-order valence-corrected chi connectivity index (χ0v) is 14.0. The predicted molar refractivity (Wildman–Crippen MR) is 93.3 cm³/mol. The van der Waals surface area contributed by atoms with E-state index in [1.165, 1.54) is 0 Å². The second-order valence-electron chi connectivity index (χ2n) is 5.72. The van der Waals surface area contributed by atoms with E-state index in [4.69, 9.17) is 4.74 Å². The van der Waals surface area contributed by atoms with Gasteiger partial charge in [-0.25, -0.2) is 0 Å². The van der Waals surface area contributed by atoms with Crippen LogP contribution in [0.25, 0.3) is 0 Å². The quantitative estimate of drug-likeness (QED) is 0.854. The molecule has 2 aromatic carbocycles. The van der Waals surface area contributed by atoms with Crippen LogP contribution < -0.4 is 10.2 Å². The average molecular weight is 312 g/mol. The Balaban J connectivity index is 1.77. The van der Waals surface area contributed by atoms with Gasteiger partial charge in [0.05, 0.1) is 6.61 Å². The first kappa shape index (κ1) is 17.0. The van der Waals surface area contributed by atoms with Gasteiger partial charge in [0.25, 0.3) is 0 Å². The van der Waals surface area contributed by atoms with Crippen molar-refractivity contribution in [1.82, 2.24) is 5.32 Å². The van der Waals surface area contributed by atoms with Gasteiger partial charge in [0.1, 0.15) is 6.10 Å². The number of carbonyl (C=O) groups is 1. The summed E-state index contributed by atoms with van der Waals surface area (Å²) in [5.74, 6) is -0.0994. The third-order valence-electron chi connectivity index (χ3n) is 3.63. The van der Waals surface area contributed by atoms with Crippen molar-refractivity contribution < 1.29 is 9.53 Å². The van der Waals surface area contributed by atoms with E-state index in [2.05, 4.69) is 5.32 Å². The molecule has 0 saturated carbocycles. The first-order chi connectivity index (χ1) is 11.1. The van der Waals surface area contributed by atoms with Crippen molar-refractivity contribution >= 4 is 11.6 Å². The van der Waals surface area contributed by atoms with Crippen molar-refractivity contribution in [1.29, 1.82) is 0 Å². The molecule has 0 fully saturated rings. The number of nitrogens with zero attached hydrogens (tertiary/aromatic N) is 1. The number of benzene rings is 2. The summed E-state index contributed by atoms with van der Waals surface area (Å²) in [7, 11) is 4.01. The smallest absolute Gasteiger partial charge is 0.249 e. The summed E-state index contributed by atoms with van der Waals surface area (Å²) in [6.45, 7) is 2.71. The molecule has 1 atom stereocenters. The van der Waals surface area contributed by atoms with Gasteiger partial charge in [-0.05, 0) is 30.2 Å². The predicted octanol–water partition coefficient (Wildman–Crippen LogP) is 2.97. The van der Waals surface area contributed by atoms with E-state index in [9.17, 15) is 4.79 Å². The molecule has 0 aliphatic carbocycles.